The van der Waals surface area contributed by atoms with Gasteiger partial charge in [-0.15, -0.1) is 10.2 Å². The highest BCUT2D eigenvalue weighted by Crippen LogP contribution is 2.27. The number of nitrogens with zero attached hydrogens (tertiary/aromatic N) is 4. The third kappa shape index (κ3) is 4.51. The predicted molar refractivity (Wildman–Crippen MR) is 114 cm³/mol. The first-order chi connectivity index (χ1) is 13.7. The molecule has 0 aliphatic carbocycles. The Labute approximate surface area is 171 Å². The molecule has 1 amide bonds. The van der Waals surface area contributed by atoms with Crippen LogP contribution in [0.25, 0.3) is 0 Å². The molecule has 0 radical (unpaired) electrons. The molecule has 1 aromatic heterocycles. The molecule has 2 aliphatic rings. The Morgan fingerprint density at radius 3 is 2.50 bits per heavy atom. The van der Waals surface area contributed by atoms with E-state index in [1.807, 2.05) is 19.1 Å². The van der Waals surface area contributed by atoms with Crippen LogP contribution >= 0.6 is 11.8 Å². The molecule has 1 aromatic carbocycles. The Balaban J connectivity index is 1.35. The zero-order chi connectivity index (χ0) is 19.3. The summed E-state index contributed by atoms with van der Waals surface area (Å²) in [5.41, 5.74) is 2.09. The Hall–Kier alpha value is -2.02. The number of thioether (sulfide) groups is 1. The van der Waals surface area contributed by atoms with E-state index in [0.29, 0.717) is 0 Å². The topological polar surface area (TPSA) is 63.1 Å². The molecular weight excluding hydrogens is 370 g/mol. The van der Waals surface area contributed by atoms with Gasteiger partial charge in [-0.2, -0.15) is 0 Å². The Bertz CT molecular complexity index is 798. The molecule has 0 saturated carbocycles. The van der Waals surface area contributed by atoms with Crippen molar-refractivity contribution in [1.29, 1.82) is 0 Å². The standard InChI is InChI=1S/C21H29N5OS/c1-16(28-21-24-23-19-8-4-2-7-15-26(19)21)20(27)22-17-9-11-18(12-10-17)25-13-5-3-6-14-25/h9-12,16H,2-8,13-15H2,1H3,(H,22,27). The first-order valence-electron chi connectivity index (χ1n) is 10.5. The molecule has 1 fully saturated rings. The lowest BCUT2D eigenvalue weighted by Gasteiger charge is -2.28. The van der Waals surface area contributed by atoms with Crippen molar-refractivity contribution in [2.24, 2.45) is 0 Å². The normalized spacial score (nSPS) is 18.2. The molecule has 2 aliphatic heterocycles. The molecular formula is C21H29N5OS. The largest absolute Gasteiger partial charge is 0.372 e. The van der Waals surface area contributed by atoms with E-state index in [0.717, 1.165) is 49.1 Å². The minimum absolute atomic E-state index is 0.00157. The minimum Gasteiger partial charge on any atom is -0.372 e. The van der Waals surface area contributed by atoms with Crippen molar-refractivity contribution in [2.45, 2.75) is 68.8 Å². The molecule has 3 heterocycles. The summed E-state index contributed by atoms with van der Waals surface area (Å²) in [6.07, 6.45) is 8.40. The number of amides is 1. The van der Waals surface area contributed by atoms with Gasteiger partial charge in [0.25, 0.3) is 0 Å². The van der Waals surface area contributed by atoms with Crippen molar-refractivity contribution in [3.05, 3.63) is 30.1 Å². The smallest absolute Gasteiger partial charge is 0.237 e. The summed E-state index contributed by atoms with van der Waals surface area (Å²) < 4.78 is 2.19. The molecule has 1 unspecified atom stereocenters. The molecule has 28 heavy (non-hydrogen) atoms. The van der Waals surface area contributed by atoms with Crippen molar-refractivity contribution in [3.63, 3.8) is 0 Å². The fourth-order valence-corrected chi connectivity index (χ4v) is 4.80. The number of benzene rings is 1. The number of rotatable bonds is 5. The van der Waals surface area contributed by atoms with Crippen LogP contribution in [0.3, 0.4) is 0 Å². The maximum absolute atomic E-state index is 12.7. The molecule has 4 rings (SSSR count). The molecule has 1 N–H and O–H groups in total. The van der Waals surface area contributed by atoms with E-state index in [1.165, 1.54) is 49.6 Å². The zero-order valence-corrected chi connectivity index (χ0v) is 17.4. The van der Waals surface area contributed by atoms with Gasteiger partial charge in [0.1, 0.15) is 5.82 Å². The predicted octanol–water partition coefficient (Wildman–Crippen LogP) is 4.11. The molecule has 150 valence electrons. The third-order valence-corrected chi connectivity index (χ3v) is 6.66. The van der Waals surface area contributed by atoms with Gasteiger partial charge in [-0.1, -0.05) is 18.2 Å². The van der Waals surface area contributed by atoms with Crippen LogP contribution in [0.2, 0.25) is 0 Å². The highest BCUT2D eigenvalue weighted by molar-refractivity contribution is 8.00. The number of carbonyl (C=O) groups excluding carboxylic acids is 1. The van der Waals surface area contributed by atoms with Gasteiger partial charge < -0.3 is 14.8 Å². The monoisotopic (exact) mass is 399 g/mol. The van der Waals surface area contributed by atoms with Crippen LogP contribution in [-0.2, 0) is 17.8 Å². The van der Waals surface area contributed by atoms with Crippen LogP contribution < -0.4 is 10.2 Å². The SMILES string of the molecule is CC(Sc1nnc2n1CCCCC2)C(=O)Nc1ccc(N2CCCCC2)cc1. The third-order valence-electron chi connectivity index (χ3n) is 5.58. The first kappa shape index (κ1) is 19.3. The average Bonchev–Trinajstić information content (AvgIpc) is 2.95. The lowest BCUT2D eigenvalue weighted by Crippen LogP contribution is -2.29. The fraction of sp³-hybridized carbons (Fsp3) is 0.571. The first-order valence-corrected chi connectivity index (χ1v) is 11.3. The molecule has 2 aromatic rings. The van der Waals surface area contributed by atoms with Gasteiger partial charge in [0.05, 0.1) is 5.25 Å². The number of anilines is 2. The van der Waals surface area contributed by atoms with Crippen LogP contribution in [0.5, 0.6) is 0 Å². The van der Waals surface area contributed by atoms with E-state index in [-0.39, 0.29) is 11.2 Å². The highest BCUT2D eigenvalue weighted by atomic mass is 32.2. The van der Waals surface area contributed by atoms with E-state index in [2.05, 4.69) is 37.1 Å². The maximum Gasteiger partial charge on any atom is 0.237 e. The fourth-order valence-electron chi connectivity index (χ4n) is 3.91. The molecule has 7 heteroatoms. The summed E-state index contributed by atoms with van der Waals surface area (Å²) in [7, 11) is 0. The van der Waals surface area contributed by atoms with E-state index in [9.17, 15) is 4.79 Å². The molecule has 0 spiro atoms. The lowest BCUT2D eigenvalue weighted by atomic mass is 10.1. The Kier molecular flexibility index (Phi) is 6.20. The van der Waals surface area contributed by atoms with E-state index < -0.39 is 0 Å². The van der Waals surface area contributed by atoms with Gasteiger partial charge in [-0.05, 0) is 63.3 Å². The molecule has 0 bridgehead atoms. The molecule has 6 nitrogen and oxygen atoms in total. The van der Waals surface area contributed by atoms with Gasteiger partial charge in [-0.3, -0.25) is 4.79 Å². The number of aromatic nitrogens is 3. The summed E-state index contributed by atoms with van der Waals surface area (Å²) >= 11 is 1.50. The Morgan fingerprint density at radius 2 is 1.71 bits per heavy atom. The van der Waals surface area contributed by atoms with Crippen LogP contribution in [0, 0.1) is 0 Å². The van der Waals surface area contributed by atoms with E-state index in [1.54, 1.807) is 0 Å². The second-order valence-electron chi connectivity index (χ2n) is 7.71. The van der Waals surface area contributed by atoms with E-state index >= 15 is 0 Å². The number of piperidine rings is 1. The average molecular weight is 400 g/mol. The van der Waals surface area contributed by atoms with Crippen molar-refractivity contribution in [2.75, 3.05) is 23.3 Å². The summed E-state index contributed by atoms with van der Waals surface area (Å²) in [5, 5.41) is 12.3. The van der Waals surface area contributed by atoms with Crippen LogP contribution in [0.1, 0.15) is 51.3 Å². The number of fused-ring (bicyclic) bond motifs is 1. The second kappa shape index (κ2) is 8.99. The van der Waals surface area contributed by atoms with Crippen molar-refractivity contribution >= 4 is 29.0 Å². The number of carbonyl (C=O) groups is 1. The number of hydrogen-bond donors (Lipinski definition) is 1. The van der Waals surface area contributed by atoms with Gasteiger partial charge in [0.2, 0.25) is 5.91 Å². The molecule has 1 saturated heterocycles. The number of hydrogen-bond acceptors (Lipinski definition) is 5. The number of nitrogens with one attached hydrogen (secondary N) is 1. The molecule has 1 atom stereocenters. The highest BCUT2D eigenvalue weighted by Gasteiger charge is 2.21. The van der Waals surface area contributed by atoms with Crippen molar-refractivity contribution in [1.82, 2.24) is 14.8 Å². The second-order valence-corrected chi connectivity index (χ2v) is 9.01. The maximum atomic E-state index is 12.7. The zero-order valence-electron chi connectivity index (χ0n) is 16.6. The van der Waals surface area contributed by atoms with Crippen LogP contribution in [-0.4, -0.2) is 39.0 Å². The van der Waals surface area contributed by atoms with Crippen molar-refractivity contribution < 1.29 is 4.79 Å². The number of aryl methyl sites for hydroxylation is 1. The van der Waals surface area contributed by atoms with Gasteiger partial charge in [0.15, 0.2) is 5.16 Å². The van der Waals surface area contributed by atoms with E-state index in [4.69, 9.17) is 0 Å². The van der Waals surface area contributed by atoms with Crippen molar-refractivity contribution in [3.8, 4) is 0 Å². The van der Waals surface area contributed by atoms with Gasteiger partial charge in [-0.25, -0.2) is 0 Å². The summed E-state index contributed by atoms with van der Waals surface area (Å²) in [6.45, 7) is 5.14. The Morgan fingerprint density at radius 1 is 1.00 bits per heavy atom. The summed E-state index contributed by atoms with van der Waals surface area (Å²) in [6, 6.07) is 8.22. The van der Waals surface area contributed by atoms with Gasteiger partial charge in [0, 0.05) is 37.4 Å². The summed E-state index contributed by atoms with van der Waals surface area (Å²) in [5.74, 6) is 1.06. The minimum atomic E-state index is -0.224. The lowest BCUT2D eigenvalue weighted by molar-refractivity contribution is -0.115. The quantitative estimate of drug-likeness (QED) is 0.767. The van der Waals surface area contributed by atoms with Crippen LogP contribution in [0.4, 0.5) is 11.4 Å². The summed E-state index contributed by atoms with van der Waals surface area (Å²) in [4.78, 5) is 15.1. The van der Waals surface area contributed by atoms with Crippen LogP contribution in [0.15, 0.2) is 29.4 Å². The van der Waals surface area contributed by atoms with Gasteiger partial charge >= 0.3 is 0 Å².